The van der Waals surface area contributed by atoms with Gasteiger partial charge >= 0.3 is 0 Å². The third kappa shape index (κ3) is 3.66. The first-order valence-electron chi connectivity index (χ1n) is 12.9. The minimum atomic E-state index is -0.651. The molecule has 2 aliphatic heterocycles. The largest absolute Gasteiger partial charge is 0.342 e. The molecule has 1 unspecified atom stereocenters. The normalized spacial score (nSPS) is 20.4. The van der Waals surface area contributed by atoms with Crippen LogP contribution in [-0.2, 0) is 35.0 Å². The van der Waals surface area contributed by atoms with E-state index in [4.69, 9.17) is 0 Å². The number of H-pyrrole nitrogens is 2. The Morgan fingerprint density at radius 1 is 1.05 bits per heavy atom. The van der Waals surface area contributed by atoms with Gasteiger partial charge in [0.05, 0.1) is 11.6 Å². The van der Waals surface area contributed by atoms with Crippen molar-refractivity contribution in [1.82, 2.24) is 25.1 Å². The van der Waals surface area contributed by atoms with Gasteiger partial charge in [0.1, 0.15) is 11.6 Å². The van der Waals surface area contributed by atoms with Crippen molar-refractivity contribution in [2.45, 2.75) is 44.1 Å². The molecule has 2 amide bonds. The number of fused-ring (bicyclic) bond motifs is 4. The van der Waals surface area contributed by atoms with Crippen molar-refractivity contribution in [3.05, 3.63) is 98.7 Å². The second-order valence-corrected chi connectivity index (χ2v) is 11.4. The molecule has 1 spiro atoms. The van der Waals surface area contributed by atoms with Gasteiger partial charge in [0.25, 0.3) is 5.91 Å². The Bertz CT molecular complexity index is 1740. The van der Waals surface area contributed by atoms with E-state index in [1.165, 1.54) is 6.07 Å². The average Bonchev–Trinajstić information content (AvgIpc) is 3.60. The van der Waals surface area contributed by atoms with Crippen molar-refractivity contribution < 1.29 is 9.59 Å². The minimum Gasteiger partial charge on any atom is -0.342 e. The molecule has 0 fully saturated rings. The molecule has 39 heavy (non-hydrogen) atoms. The molecule has 1 aliphatic carbocycles. The van der Waals surface area contributed by atoms with E-state index < -0.39 is 5.41 Å². The summed E-state index contributed by atoms with van der Waals surface area (Å²) in [5.41, 5.74) is 4.90. The molecule has 5 heterocycles. The van der Waals surface area contributed by atoms with E-state index in [-0.39, 0.29) is 22.8 Å². The zero-order valence-corrected chi connectivity index (χ0v) is 21.6. The standard InChI is InChI=1S/C29H27N7O3/c1-28(2)15-36(14-19-13-31-35-24(19)28)26(38)17-9-22(33-23(37)10-17)32-20-6-5-16-11-29(12-18(16)8-20)21-4-3-7-30-25(21)34-27(29)39/h3-10,13H,11-12,14-15H2,1-2H3,(H,31,35)(H,30,34,39)(H2,32,33,37). The number of amides is 2. The predicted octanol–water partition coefficient (Wildman–Crippen LogP) is 3.16. The molecule has 10 heteroatoms. The lowest BCUT2D eigenvalue weighted by Gasteiger charge is -2.37. The number of nitrogens with zero attached hydrogens (tertiary/aromatic N) is 3. The summed E-state index contributed by atoms with van der Waals surface area (Å²) in [6.45, 7) is 5.07. The third-order valence-electron chi connectivity index (χ3n) is 8.18. The Hall–Kier alpha value is -4.73. The predicted molar refractivity (Wildman–Crippen MR) is 145 cm³/mol. The molecule has 0 saturated heterocycles. The number of hydrogen-bond donors (Lipinski definition) is 4. The number of nitrogens with one attached hydrogen (secondary N) is 4. The van der Waals surface area contributed by atoms with Gasteiger partial charge in [-0.1, -0.05) is 26.0 Å². The van der Waals surface area contributed by atoms with Crippen LogP contribution in [0.2, 0.25) is 0 Å². The molecule has 196 valence electrons. The number of benzene rings is 1. The summed E-state index contributed by atoms with van der Waals surface area (Å²) < 4.78 is 0. The monoisotopic (exact) mass is 521 g/mol. The van der Waals surface area contributed by atoms with Gasteiger partial charge in [-0.2, -0.15) is 5.10 Å². The number of hydrogen-bond acceptors (Lipinski definition) is 6. The molecular formula is C29H27N7O3. The highest BCUT2D eigenvalue weighted by atomic mass is 16.2. The maximum Gasteiger partial charge on any atom is 0.254 e. The number of aromatic nitrogens is 4. The molecule has 1 aromatic carbocycles. The smallest absolute Gasteiger partial charge is 0.254 e. The first-order chi connectivity index (χ1) is 18.7. The summed E-state index contributed by atoms with van der Waals surface area (Å²) in [5.74, 6) is 0.820. The fourth-order valence-electron chi connectivity index (χ4n) is 6.40. The Labute approximate surface area is 223 Å². The summed E-state index contributed by atoms with van der Waals surface area (Å²) in [7, 11) is 0. The van der Waals surface area contributed by atoms with E-state index in [9.17, 15) is 14.4 Å². The summed E-state index contributed by atoms with van der Waals surface area (Å²) >= 11 is 0. The molecule has 7 rings (SSSR count). The van der Waals surface area contributed by atoms with Gasteiger partial charge in [0.2, 0.25) is 11.5 Å². The van der Waals surface area contributed by atoms with Crippen LogP contribution < -0.4 is 16.2 Å². The van der Waals surface area contributed by atoms with Crippen LogP contribution in [0, 0.1) is 0 Å². The van der Waals surface area contributed by atoms with Crippen molar-refractivity contribution in [1.29, 1.82) is 0 Å². The van der Waals surface area contributed by atoms with E-state index >= 15 is 0 Å². The third-order valence-corrected chi connectivity index (χ3v) is 8.18. The number of carbonyl (C=O) groups is 2. The summed E-state index contributed by atoms with van der Waals surface area (Å²) in [6.07, 6.45) is 4.61. The lowest BCUT2D eigenvalue weighted by Crippen LogP contribution is -2.45. The van der Waals surface area contributed by atoms with E-state index in [1.54, 1.807) is 23.4 Å². The maximum atomic E-state index is 13.5. The van der Waals surface area contributed by atoms with E-state index in [0.717, 1.165) is 33.6 Å². The topological polar surface area (TPSA) is 136 Å². The number of rotatable bonds is 3. The van der Waals surface area contributed by atoms with Crippen LogP contribution in [0.15, 0.2) is 59.7 Å². The van der Waals surface area contributed by atoms with Crippen LogP contribution in [0.5, 0.6) is 0 Å². The molecule has 0 saturated carbocycles. The zero-order valence-electron chi connectivity index (χ0n) is 21.6. The molecule has 4 N–H and O–H groups in total. The van der Waals surface area contributed by atoms with Gasteiger partial charge in [0.15, 0.2) is 0 Å². The zero-order chi connectivity index (χ0) is 26.9. The first-order valence-corrected chi connectivity index (χ1v) is 12.9. The van der Waals surface area contributed by atoms with Crippen LogP contribution in [-0.4, -0.2) is 43.4 Å². The maximum absolute atomic E-state index is 13.5. The Kier molecular flexibility index (Phi) is 4.88. The van der Waals surface area contributed by atoms with Gasteiger partial charge in [-0.3, -0.25) is 19.5 Å². The van der Waals surface area contributed by atoms with E-state index in [1.807, 2.05) is 30.3 Å². The number of aromatic amines is 2. The second-order valence-electron chi connectivity index (χ2n) is 11.4. The number of pyridine rings is 2. The highest BCUT2D eigenvalue weighted by Gasteiger charge is 2.51. The summed E-state index contributed by atoms with van der Waals surface area (Å²) in [5, 5.41) is 13.4. The van der Waals surface area contributed by atoms with E-state index in [2.05, 4.69) is 44.6 Å². The van der Waals surface area contributed by atoms with Gasteiger partial charge in [0, 0.05) is 58.8 Å². The second kappa shape index (κ2) is 8.13. The lowest BCUT2D eigenvalue weighted by molar-refractivity contribution is -0.120. The number of carbonyl (C=O) groups excluding carboxylic acids is 2. The molecule has 4 aromatic rings. The van der Waals surface area contributed by atoms with Gasteiger partial charge in [-0.05, 0) is 48.2 Å². The van der Waals surface area contributed by atoms with E-state index in [0.29, 0.717) is 43.1 Å². The van der Waals surface area contributed by atoms with Crippen LogP contribution in [0.3, 0.4) is 0 Å². The molecule has 0 bridgehead atoms. The molecule has 1 atom stereocenters. The number of anilines is 3. The van der Waals surface area contributed by atoms with Gasteiger partial charge < -0.3 is 20.5 Å². The van der Waals surface area contributed by atoms with Crippen molar-refractivity contribution in [2.24, 2.45) is 0 Å². The first kappa shape index (κ1) is 23.4. The molecule has 3 aliphatic rings. The fourth-order valence-corrected chi connectivity index (χ4v) is 6.40. The molecule has 10 nitrogen and oxygen atoms in total. The fraction of sp³-hybridized carbons (Fsp3) is 0.276. The quantitative estimate of drug-likeness (QED) is 0.327. The van der Waals surface area contributed by atoms with Crippen LogP contribution >= 0.6 is 0 Å². The van der Waals surface area contributed by atoms with Crippen LogP contribution in [0.1, 0.15) is 52.2 Å². The minimum absolute atomic E-state index is 0.0270. The van der Waals surface area contributed by atoms with Crippen LogP contribution in [0.25, 0.3) is 0 Å². The lowest BCUT2D eigenvalue weighted by atomic mass is 9.79. The Morgan fingerprint density at radius 3 is 2.77 bits per heavy atom. The summed E-state index contributed by atoms with van der Waals surface area (Å²) in [6, 6.07) is 12.8. The molecular weight excluding hydrogens is 494 g/mol. The average molecular weight is 522 g/mol. The highest BCUT2D eigenvalue weighted by Crippen LogP contribution is 2.47. The van der Waals surface area contributed by atoms with Crippen molar-refractivity contribution in [2.75, 3.05) is 17.2 Å². The van der Waals surface area contributed by atoms with Crippen molar-refractivity contribution in [3.8, 4) is 0 Å². The Morgan fingerprint density at radius 2 is 1.90 bits per heavy atom. The molecule has 0 radical (unpaired) electrons. The highest BCUT2D eigenvalue weighted by molar-refractivity contribution is 6.06. The van der Waals surface area contributed by atoms with Gasteiger partial charge in [-0.15, -0.1) is 0 Å². The van der Waals surface area contributed by atoms with Crippen molar-refractivity contribution in [3.63, 3.8) is 0 Å². The SMILES string of the molecule is CC1(C)CN(C(=O)c2cc(Nc3ccc4c(c3)CC3(C4)C(=O)Nc4ncccc43)[nH]c(=O)c2)Cc2cn[nH]c21. The van der Waals surface area contributed by atoms with Gasteiger partial charge in [-0.25, -0.2) is 4.98 Å². The molecule has 3 aromatic heterocycles. The van der Waals surface area contributed by atoms with Crippen LogP contribution in [0.4, 0.5) is 17.3 Å². The van der Waals surface area contributed by atoms with Crippen molar-refractivity contribution >= 4 is 29.1 Å². The Balaban J connectivity index is 1.14. The summed E-state index contributed by atoms with van der Waals surface area (Å²) in [4.78, 5) is 47.9.